The Balaban J connectivity index is 1.63. The SMILES string of the molecule is CC(C)n1c(=O)c(C(=O)OC2CC3CCC(C)(C2)N3C(N)=O)cc2ccccc21. The zero-order valence-corrected chi connectivity index (χ0v) is 17.1. The number of nitrogens with two attached hydrogens (primary N) is 1. The van der Waals surface area contributed by atoms with Crippen LogP contribution in [-0.4, -0.2) is 39.2 Å². The van der Waals surface area contributed by atoms with E-state index in [4.69, 9.17) is 10.5 Å². The Bertz CT molecular complexity index is 1040. The molecular weight excluding hydrogens is 370 g/mol. The first kappa shape index (κ1) is 19.5. The maximum absolute atomic E-state index is 13.0. The second-order valence-corrected chi connectivity index (χ2v) is 8.75. The van der Waals surface area contributed by atoms with Gasteiger partial charge in [0.25, 0.3) is 5.56 Å². The number of hydrogen-bond donors (Lipinski definition) is 1. The van der Waals surface area contributed by atoms with E-state index in [1.807, 2.05) is 45.0 Å². The first-order valence-electron chi connectivity index (χ1n) is 10.2. The number of piperidine rings is 1. The number of fused-ring (bicyclic) bond motifs is 3. The first-order valence-corrected chi connectivity index (χ1v) is 10.2. The number of benzene rings is 1. The fourth-order valence-electron chi connectivity index (χ4n) is 5.16. The number of pyridine rings is 1. The van der Waals surface area contributed by atoms with Crippen molar-refractivity contribution in [3.05, 3.63) is 46.2 Å². The van der Waals surface area contributed by atoms with Gasteiger partial charge in [0.2, 0.25) is 0 Å². The minimum Gasteiger partial charge on any atom is -0.458 e. The molecule has 1 aromatic heterocycles. The van der Waals surface area contributed by atoms with Gasteiger partial charge in [-0.15, -0.1) is 0 Å². The number of nitrogens with zero attached hydrogens (tertiary/aromatic N) is 2. The molecule has 2 aliphatic heterocycles. The number of para-hydroxylation sites is 1. The number of aromatic nitrogens is 1. The number of esters is 1. The Kier molecular flexibility index (Phi) is 4.63. The van der Waals surface area contributed by atoms with E-state index in [1.165, 1.54) is 0 Å². The number of amides is 2. The summed E-state index contributed by atoms with van der Waals surface area (Å²) in [6.07, 6.45) is 2.43. The van der Waals surface area contributed by atoms with E-state index in [1.54, 1.807) is 15.5 Å². The van der Waals surface area contributed by atoms with Crippen molar-refractivity contribution in [3.63, 3.8) is 0 Å². The topological polar surface area (TPSA) is 94.6 Å². The van der Waals surface area contributed by atoms with Gasteiger partial charge in [0, 0.05) is 30.5 Å². The van der Waals surface area contributed by atoms with Gasteiger partial charge in [-0.2, -0.15) is 0 Å². The summed E-state index contributed by atoms with van der Waals surface area (Å²) in [5, 5.41) is 0.823. The third kappa shape index (κ3) is 3.18. The summed E-state index contributed by atoms with van der Waals surface area (Å²) in [7, 11) is 0. The standard InChI is InChI=1S/C22H27N3O4/c1-13(2)24-18-7-5-4-6-14(18)10-17(19(24)26)20(27)29-16-11-15-8-9-22(3,12-16)25(15)21(23)28/h4-7,10,13,15-16H,8-9,11-12H2,1-3H3,(H2,23,28). The van der Waals surface area contributed by atoms with E-state index in [-0.39, 0.29) is 29.3 Å². The van der Waals surface area contributed by atoms with Crippen LogP contribution in [0.4, 0.5) is 4.79 Å². The average molecular weight is 397 g/mol. The highest BCUT2D eigenvalue weighted by molar-refractivity contribution is 5.94. The van der Waals surface area contributed by atoms with Crippen molar-refractivity contribution < 1.29 is 14.3 Å². The summed E-state index contributed by atoms with van der Waals surface area (Å²) in [5.41, 5.74) is 5.67. The fraction of sp³-hybridized carbons (Fsp3) is 0.500. The van der Waals surface area contributed by atoms with Crippen molar-refractivity contribution in [2.45, 2.75) is 70.2 Å². The summed E-state index contributed by atoms with van der Waals surface area (Å²) >= 11 is 0. The minimum absolute atomic E-state index is 0.0204. The maximum atomic E-state index is 13.0. The lowest BCUT2D eigenvalue weighted by atomic mass is 9.88. The van der Waals surface area contributed by atoms with E-state index < -0.39 is 17.5 Å². The maximum Gasteiger partial charge on any atom is 0.344 e. The largest absolute Gasteiger partial charge is 0.458 e. The molecule has 0 aliphatic carbocycles. The molecule has 3 atom stereocenters. The van der Waals surface area contributed by atoms with Crippen molar-refractivity contribution in [2.24, 2.45) is 5.73 Å². The summed E-state index contributed by atoms with van der Waals surface area (Å²) in [5.74, 6) is -0.601. The fourth-order valence-corrected chi connectivity index (χ4v) is 5.16. The molecule has 2 saturated heterocycles. The third-order valence-electron chi connectivity index (χ3n) is 6.36. The Morgan fingerprint density at radius 1 is 1.28 bits per heavy atom. The van der Waals surface area contributed by atoms with Crippen molar-refractivity contribution in [1.82, 2.24) is 9.47 Å². The van der Waals surface area contributed by atoms with Crippen molar-refractivity contribution in [1.29, 1.82) is 0 Å². The predicted molar refractivity (Wildman–Crippen MR) is 110 cm³/mol. The number of carbonyl (C=O) groups excluding carboxylic acids is 2. The summed E-state index contributed by atoms with van der Waals surface area (Å²) in [6.45, 7) is 5.82. The highest BCUT2D eigenvalue weighted by atomic mass is 16.5. The van der Waals surface area contributed by atoms with Gasteiger partial charge < -0.3 is 19.9 Å². The predicted octanol–water partition coefficient (Wildman–Crippen LogP) is 3.20. The molecule has 0 spiro atoms. The van der Waals surface area contributed by atoms with E-state index in [2.05, 4.69) is 0 Å². The highest BCUT2D eigenvalue weighted by Gasteiger charge is 2.51. The number of ether oxygens (including phenoxy) is 1. The molecule has 4 rings (SSSR count). The molecule has 0 radical (unpaired) electrons. The van der Waals surface area contributed by atoms with E-state index >= 15 is 0 Å². The van der Waals surface area contributed by atoms with Crippen LogP contribution >= 0.6 is 0 Å². The summed E-state index contributed by atoms with van der Waals surface area (Å²) in [4.78, 5) is 39.6. The Hall–Kier alpha value is -2.83. The molecule has 2 aliphatic rings. The lowest BCUT2D eigenvalue weighted by molar-refractivity contribution is -0.0154. The number of rotatable bonds is 3. The van der Waals surface area contributed by atoms with Crippen LogP contribution in [0.5, 0.6) is 0 Å². The molecule has 0 saturated carbocycles. The van der Waals surface area contributed by atoms with Crippen LogP contribution < -0.4 is 11.3 Å². The van der Waals surface area contributed by atoms with Gasteiger partial charge in [0.05, 0.1) is 5.52 Å². The van der Waals surface area contributed by atoms with E-state index in [0.717, 1.165) is 23.7 Å². The zero-order chi connectivity index (χ0) is 20.9. The first-order chi connectivity index (χ1) is 13.7. The Morgan fingerprint density at radius 2 is 2.00 bits per heavy atom. The lowest BCUT2D eigenvalue weighted by Crippen LogP contribution is -2.57. The minimum atomic E-state index is -0.601. The number of carbonyl (C=O) groups is 2. The molecule has 1 aromatic carbocycles. The molecule has 7 nitrogen and oxygen atoms in total. The van der Waals surface area contributed by atoms with E-state index in [0.29, 0.717) is 12.8 Å². The smallest absolute Gasteiger partial charge is 0.344 e. The van der Waals surface area contributed by atoms with Gasteiger partial charge in [0.1, 0.15) is 11.7 Å². The molecule has 2 fully saturated rings. The van der Waals surface area contributed by atoms with Crippen molar-refractivity contribution in [3.8, 4) is 0 Å². The third-order valence-corrected chi connectivity index (χ3v) is 6.36. The molecule has 29 heavy (non-hydrogen) atoms. The molecule has 3 unspecified atom stereocenters. The summed E-state index contributed by atoms with van der Waals surface area (Å²) < 4.78 is 7.42. The van der Waals surface area contributed by atoms with E-state index in [9.17, 15) is 14.4 Å². The molecule has 2 N–H and O–H groups in total. The molecule has 2 amide bonds. The number of hydrogen-bond acceptors (Lipinski definition) is 4. The number of primary amides is 1. The molecule has 3 heterocycles. The van der Waals surface area contributed by atoms with Gasteiger partial charge >= 0.3 is 12.0 Å². The summed E-state index contributed by atoms with van der Waals surface area (Å²) in [6, 6.07) is 8.61. The van der Waals surface area contributed by atoms with Gasteiger partial charge in [0.15, 0.2) is 0 Å². The van der Waals surface area contributed by atoms with Crippen LogP contribution in [0.15, 0.2) is 35.1 Å². The zero-order valence-electron chi connectivity index (χ0n) is 17.1. The van der Waals surface area contributed by atoms with Gasteiger partial charge in [-0.25, -0.2) is 9.59 Å². The number of urea groups is 1. The lowest BCUT2D eigenvalue weighted by Gasteiger charge is -2.44. The Morgan fingerprint density at radius 3 is 2.66 bits per heavy atom. The van der Waals surface area contributed by atoms with Gasteiger partial charge in [-0.3, -0.25) is 4.79 Å². The molecule has 7 heteroatoms. The quantitative estimate of drug-likeness (QED) is 0.805. The van der Waals surface area contributed by atoms with Crippen LogP contribution in [0.25, 0.3) is 10.9 Å². The van der Waals surface area contributed by atoms with Crippen LogP contribution in [0.1, 0.15) is 62.9 Å². The highest BCUT2D eigenvalue weighted by Crippen LogP contribution is 2.44. The molecule has 2 bridgehead atoms. The van der Waals surface area contributed by atoms with Gasteiger partial charge in [-0.1, -0.05) is 18.2 Å². The van der Waals surface area contributed by atoms with Crippen LogP contribution in [0, 0.1) is 0 Å². The van der Waals surface area contributed by atoms with Crippen LogP contribution in [0.3, 0.4) is 0 Å². The molecule has 2 aromatic rings. The normalized spacial score (nSPS) is 26.1. The average Bonchev–Trinajstić information content (AvgIpc) is 2.87. The molecule has 154 valence electrons. The van der Waals surface area contributed by atoms with Crippen LogP contribution in [-0.2, 0) is 4.74 Å². The second kappa shape index (κ2) is 6.90. The van der Waals surface area contributed by atoms with Crippen molar-refractivity contribution >= 4 is 22.9 Å². The van der Waals surface area contributed by atoms with Crippen LogP contribution in [0.2, 0.25) is 0 Å². The Labute approximate surface area is 169 Å². The second-order valence-electron chi connectivity index (χ2n) is 8.75. The van der Waals surface area contributed by atoms with Crippen molar-refractivity contribution in [2.75, 3.05) is 0 Å². The van der Waals surface area contributed by atoms with Gasteiger partial charge in [-0.05, 0) is 51.1 Å². The monoisotopic (exact) mass is 397 g/mol. The molecular formula is C22H27N3O4.